The van der Waals surface area contributed by atoms with Crippen LogP contribution in [0.4, 0.5) is 15.8 Å². The summed E-state index contributed by atoms with van der Waals surface area (Å²) in [6.45, 7) is 1.83. The summed E-state index contributed by atoms with van der Waals surface area (Å²) < 4.78 is 14.3. The van der Waals surface area contributed by atoms with Crippen LogP contribution in [-0.2, 0) is 0 Å². The highest BCUT2D eigenvalue weighted by atomic mass is 79.9. The molecule has 2 aromatic rings. The first kappa shape index (κ1) is 14.5. The number of aryl methyl sites for hydroxylation is 1. The quantitative estimate of drug-likeness (QED) is 0.899. The van der Waals surface area contributed by atoms with Gasteiger partial charge in [0, 0.05) is 23.4 Å². The summed E-state index contributed by atoms with van der Waals surface area (Å²) in [6.07, 6.45) is 1.47. The first-order valence-corrected chi connectivity index (χ1v) is 6.71. The van der Waals surface area contributed by atoms with Crippen molar-refractivity contribution in [2.45, 2.75) is 6.92 Å². The number of pyridine rings is 1. The predicted octanol–water partition coefficient (Wildman–Crippen LogP) is 3.59. The Morgan fingerprint density at radius 3 is 2.70 bits per heavy atom. The van der Waals surface area contributed by atoms with Gasteiger partial charge in [-0.15, -0.1) is 0 Å². The number of benzene rings is 1. The van der Waals surface area contributed by atoms with Crippen LogP contribution in [0.2, 0.25) is 0 Å². The summed E-state index contributed by atoms with van der Waals surface area (Å²) in [5, 5.41) is 5.46. The molecule has 20 heavy (non-hydrogen) atoms. The number of hydrogen-bond donors (Lipinski definition) is 2. The van der Waals surface area contributed by atoms with Crippen molar-refractivity contribution in [3.05, 3.63) is 52.0 Å². The second-order valence-electron chi connectivity index (χ2n) is 4.20. The maximum Gasteiger partial charge on any atom is 0.259 e. The standard InChI is InChI=1S/C14H13BrFN3O/c1-8-5-13(17-2)10(7-18-8)14(20)19-12-4-3-9(15)6-11(12)16/h3-7H,1-2H3,(H,17,18)(H,19,20). The Morgan fingerprint density at radius 2 is 2.05 bits per heavy atom. The van der Waals surface area contributed by atoms with E-state index in [0.717, 1.165) is 5.69 Å². The molecule has 0 saturated heterocycles. The molecule has 0 aliphatic rings. The normalized spacial score (nSPS) is 10.2. The molecule has 0 atom stereocenters. The smallest absolute Gasteiger partial charge is 0.259 e. The van der Waals surface area contributed by atoms with Crippen LogP contribution in [0.25, 0.3) is 0 Å². The van der Waals surface area contributed by atoms with Crippen LogP contribution >= 0.6 is 15.9 Å². The number of nitrogens with zero attached hydrogens (tertiary/aromatic N) is 1. The molecule has 0 aliphatic heterocycles. The van der Waals surface area contributed by atoms with Gasteiger partial charge in [-0.1, -0.05) is 15.9 Å². The van der Waals surface area contributed by atoms with Gasteiger partial charge in [0.1, 0.15) is 5.82 Å². The van der Waals surface area contributed by atoms with E-state index in [2.05, 4.69) is 31.5 Å². The maximum atomic E-state index is 13.7. The van der Waals surface area contributed by atoms with E-state index in [1.807, 2.05) is 6.92 Å². The molecule has 104 valence electrons. The van der Waals surface area contributed by atoms with Crippen LogP contribution in [0.15, 0.2) is 34.9 Å². The summed E-state index contributed by atoms with van der Waals surface area (Å²) in [4.78, 5) is 16.3. The Bertz CT molecular complexity index is 661. The van der Waals surface area contributed by atoms with E-state index in [0.29, 0.717) is 15.7 Å². The second kappa shape index (κ2) is 6.00. The predicted molar refractivity (Wildman–Crippen MR) is 80.6 cm³/mol. The monoisotopic (exact) mass is 337 g/mol. The van der Waals surface area contributed by atoms with E-state index in [4.69, 9.17) is 0 Å². The molecular formula is C14H13BrFN3O. The average molecular weight is 338 g/mol. The minimum absolute atomic E-state index is 0.126. The van der Waals surface area contributed by atoms with E-state index in [1.54, 1.807) is 19.2 Å². The number of halogens is 2. The summed E-state index contributed by atoms with van der Waals surface area (Å²) in [5.41, 5.74) is 1.93. The zero-order chi connectivity index (χ0) is 14.7. The number of amides is 1. The highest BCUT2D eigenvalue weighted by Gasteiger charge is 2.14. The minimum Gasteiger partial charge on any atom is -0.387 e. The summed E-state index contributed by atoms with van der Waals surface area (Å²) in [6, 6.07) is 6.21. The molecule has 2 N–H and O–H groups in total. The first-order valence-electron chi connectivity index (χ1n) is 5.92. The van der Waals surface area contributed by atoms with Crippen LogP contribution in [0.3, 0.4) is 0 Å². The van der Waals surface area contributed by atoms with Gasteiger partial charge in [0.15, 0.2) is 0 Å². The van der Waals surface area contributed by atoms with Gasteiger partial charge in [-0.05, 0) is 31.2 Å². The minimum atomic E-state index is -0.501. The lowest BCUT2D eigenvalue weighted by Crippen LogP contribution is -2.15. The zero-order valence-electron chi connectivity index (χ0n) is 11.0. The highest BCUT2D eigenvalue weighted by Crippen LogP contribution is 2.21. The Morgan fingerprint density at radius 1 is 1.30 bits per heavy atom. The van der Waals surface area contributed by atoms with E-state index < -0.39 is 11.7 Å². The lowest BCUT2D eigenvalue weighted by atomic mass is 10.2. The van der Waals surface area contributed by atoms with Gasteiger partial charge >= 0.3 is 0 Å². The van der Waals surface area contributed by atoms with Crippen molar-refractivity contribution < 1.29 is 9.18 Å². The number of anilines is 2. The molecule has 0 radical (unpaired) electrons. The van der Waals surface area contributed by atoms with Crippen LogP contribution in [0.1, 0.15) is 16.1 Å². The Balaban J connectivity index is 2.28. The zero-order valence-corrected chi connectivity index (χ0v) is 12.6. The number of hydrogen-bond acceptors (Lipinski definition) is 3. The second-order valence-corrected chi connectivity index (χ2v) is 5.12. The fourth-order valence-electron chi connectivity index (χ4n) is 1.73. The Labute approximate surface area is 124 Å². The van der Waals surface area contributed by atoms with Crippen LogP contribution < -0.4 is 10.6 Å². The van der Waals surface area contributed by atoms with Gasteiger partial charge in [0.2, 0.25) is 0 Å². The van der Waals surface area contributed by atoms with Crippen molar-refractivity contribution in [1.82, 2.24) is 4.98 Å². The number of carbonyl (C=O) groups excluding carboxylic acids is 1. The van der Waals surface area contributed by atoms with Gasteiger partial charge in [-0.3, -0.25) is 9.78 Å². The van der Waals surface area contributed by atoms with Crippen LogP contribution in [0, 0.1) is 12.7 Å². The Hall–Kier alpha value is -1.95. The van der Waals surface area contributed by atoms with Gasteiger partial charge in [-0.2, -0.15) is 0 Å². The largest absolute Gasteiger partial charge is 0.387 e. The third-order valence-electron chi connectivity index (χ3n) is 2.73. The van der Waals surface area contributed by atoms with Crippen molar-refractivity contribution in [2.75, 3.05) is 17.7 Å². The van der Waals surface area contributed by atoms with E-state index in [9.17, 15) is 9.18 Å². The topological polar surface area (TPSA) is 54.0 Å². The maximum absolute atomic E-state index is 13.7. The number of nitrogens with one attached hydrogen (secondary N) is 2. The molecular weight excluding hydrogens is 325 g/mol. The average Bonchev–Trinajstić information content (AvgIpc) is 2.41. The molecule has 0 spiro atoms. The fraction of sp³-hybridized carbons (Fsp3) is 0.143. The van der Waals surface area contributed by atoms with E-state index in [-0.39, 0.29) is 5.69 Å². The van der Waals surface area contributed by atoms with Crippen molar-refractivity contribution >= 4 is 33.2 Å². The molecule has 0 bridgehead atoms. The fourth-order valence-corrected chi connectivity index (χ4v) is 2.06. The van der Waals surface area contributed by atoms with Crippen molar-refractivity contribution in [3.63, 3.8) is 0 Å². The van der Waals surface area contributed by atoms with Crippen LogP contribution in [-0.4, -0.2) is 17.9 Å². The molecule has 1 aromatic carbocycles. The van der Waals surface area contributed by atoms with Crippen molar-refractivity contribution in [1.29, 1.82) is 0 Å². The molecule has 6 heteroatoms. The van der Waals surface area contributed by atoms with Gasteiger partial charge in [0.05, 0.1) is 16.9 Å². The third kappa shape index (κ3) is 3.14. The Kier molecular flexibility index (Phi) is 4.34. The van der Waals surface area contributed by atoms with Crippen molar-refractivity contribution in [3.8, 4) is 0 Å². The molecule has 0 aliphatic carbocycles. The molecule has 1 amide bonds. The molecule has 1 heterocycles. The molecule has 4 nitrogen and oxygen atoms in total. The summed E-state index contributed by atoms with van der Waals surface area (Å²) >= 11 is 3.17. The third-order valence-corrected chi connectivity index (χ3v) is 3.23. The van der Waals surface area contributed by atoms with E-state index >= 15 is 0 Å². The lowest BCUT2D eigenvalue weighted by Gasteiger charge is -2.11. The molecule has 0 unspecified atom stereocenters. The van der Waals surface area contributed by atoms with Crippen molar-refractivity contribution in [2.24, 2.45) is 0 Å². The number of aromatic nitrogens is 1. The lowest BCUT2D eigenvalue weighted by molar-refractivity contribution is 0.102. The van der Waals surface area contributed by atoms with Gasteiger partial charge in [-0.25, -0.2) is 4.39 Å². The highest BCUT2D eigenvalue weighted by molar-refractivity contribution is 9.10. The molecule has 2 rings (SSSR count). The van der Waals surface area contributed by atoms with Gasteiger partial charge < -0.3 is 10.6 Å². The number of carbonyl (C=O) groups is 1. The van der Waals surface area contributed by atoms with E-state index in [1.165, 1.54) is 18.3 Å². The molecule has 0 saturated carbocycles. The molecule has 0 fully saturated rings. The SMILES string of the molecule is CNc1cc(C)ncc1C(=O)Nc1ccc(Br)cc1F. The summed E-state index contributed by atoms with van der Waals surface area (Å²) in [5.74, 6) is -0.915. The number of rotatable bonds is 3. The molecule has 1 aromatic heterocycles. The summed E-state index contributed by atoms with van der Waals surface area (Å²) in [7, 11) is 1.71. The first-order chi connectivity index (χ1) is 9.51. The van der Waals surface area contributed by atoms with Crippen LogP contribution in [0.5, 0.6) is 0 Å². The van der Waals surface area contributed by atoms with Gasteiger partial charge in [0.25, 0.3) is 5.91 Å².